The molecule has 1 aromatic heterocycles. The first kappa shape index (κ1) is 20.8. The summed E-state index contributed by atoms with van der Waals surface area (Å²) in [7, 11) is 1.55. The predicted octanol–water partition coefficient (Wildman–Crippen LogP) is 4.29. The van der Waals surface area contributed by atoms with Crippen molar-refractivity contribution in [1.29, 1.82) is 0 Å². The molecule has 0 N–H and O–H groups in total. The summed E-state index contributed by atoms with van der Waals surface area (Å²) in [6.07, 6.45) is 4.81. The highest BCUT2D eigenvalue weighted by Crippen LogP contribution is 2.25. The van der Waals surface area contributed by atoms with Gasteiger partial charge in [0.15, 0.2) is 0 Å². The number of ketones is 1. The second kappa shape index (κ2) is 9.51. The molecule has 0 bridgehead atoms. The molecule has 0 aliphatic heterocycles. The molecular formula is C22H21N3O5. The molecule has 0 fully saturated rings. The van der Waals surface area contributed by atoms with E-state index < -0.39 is 4.92 Å². The summed E-state index contributed by atoms with van der Waals surface area (Å²) in [5, 5.41) is 15.0. The van der Waals surface area contributed by atoms with Crippen LogP contribution in [0.1, 0.15) is 28.5 Å². The van der Waals surface area contributed by atoms with Gasteiger partial charge in [-0.2, -0.15) is 5.10 Å². The van der Waals surface area contributed by atoms with Crippen LogP contribution in [0.2, 0.25) is 0 Å². The van der Waals surface area contributed by atoms with Crippen molar-refractivity contribution in [3.05, 3.63) is 87.7 Å². The number of nitro benzene ring substituents is 1. The van der Waals surface area contributed by atoms with E-state index >= 15 is 0 Å². The van der Waals surface area contributed by atoms with Gasteiger partial charge in [-0.3, -0.25) is 19.6 Å². The topological polar surface area (TPSA) is 96.5 Å². The Morgan fingerprint density at radius 3 is 2.80 bits per heavy atom. The number of aromatic nitrogens is 2. The van der Waals surface area contributed by atoms with E-state index in [1.165, 1.54) is 18.2 Å². The summed E-state index contributed by atoms with van der Waals surface area (Å²) in [4.78, 5) is 22.9. The third kappa shape index (κ3) is 4.91. The van der Waals surface area contributed by atoms with Gasteiger partial charge >= 0.3 is 0 Å². The van der Waals surface area contributed by atoms with Crippen molar-refractivity contribution in [3.63, 3.8) is 0 Å². The molecule has 0 atom stereocenters. The number of nitrogens with zero attached hydrogens (tertiary/aromatic N) is 3. The van der Waals surface area contributed by atoms with Gasteiger partial charge in [0.2, 0.25) is 5.78 Å². The number of allylic oxidation sites excluding steroid dienone is 1. The quantitative estimate of drug-likeness (QED) is 0.227. The fraction of sp³-hybridized carbons (Fsp3) is 0.182. The van der Waals surface area contributed by atoms with E-state index in [0.29, 0.717) is 23.7 Å². The molecule has 3 rings (SSSR count). The van der Waals surface area contributed by atoms with Gasteiger partial charge in [-0.15, -0.1) is 0 Å². The average molecular weight is 407 g/mol. The standard InChI is InChI=1S/C22H21N3O5/c1-3-24-20(11-12-23-24)21(26)9-7-16-8-10-22(29-2)17(13-16)15-30-19-6-4-5-18(14-19)25(27)28/h4-14H,3,15H2,1-2H3/b9-7+. The summed E-state index contributed by atoms with van der Waals surface area (Å²) in [6, 6.07) is 13.1. The Kier molecular flexibility index (Phi) is 6.59. The fourth-order valence-corrected chi connectivity index (χ4v) is 2.91. The van der Waals surface area contributed by atoms with Gasteiger partial charge in [0.05, 0.1) is 18.1 Å². The fourth-order valence-electron chi connectivity index (χ4n) is 2.91. The zero-order valence-electron chi connectivity index (χ0n) is 16.6. The summed E-state index contributed by atoms with van der Waals surface area (Å²) >= 11 is 0. The van der Waals surface area contributed by atoms with E-state index in [1.807, 2.05) is 19.1 Å². The maximum Gasteiger partial charge on any atom is 0.273 e. The summed E-state index contributed by atoms with van der Waals surface area (Å²) in [5.74, 6) is 0.864. The molecule has 0 saturated heterocycles. The maximum absolute atomic E-state index is 12.4. The van der Waals surface area contributed by atoms with Crippen LogP contribution in [0.5, 0.6) is 11.5 Å². The molecule has 8 nitrogen and oxygen atoms in total. The van der Waals surface area contributed by atoms with E-state index in [9.17, 15) is 14.9 Å². The minimum atomic E-state index is -0.472. The molecule has 0 spiro atoms. The first-order valence-electron chi connectivity index (χ1n) is 9.30. The first-order valence-corrected chi connectivity index (χ1v) is 9.30. The molecule has 3 aromatic rings. The Balaban J connectivity index is 1.76. The molecular weight excluding hydrogens is 386 g/mol. The minimum absolute atomic E-state index is 0.0408. The van der Waals surface area contributed by atoms with Crippen LogP contribution < -0.4 is 9.47 Å². The average Bonchev–Trinajstić information content (AvgIpc) is 3.25. The molecule has 1 heterocycles. The van der Waals surface area contributed by atoms with Gasteiger partial charge in [-0.1, -0.05) is 18.2 Å². The Hall–Kier alpha value is -3.94. The Morgan fingerprint density at radius 2 is 2.07 bits per heavy atom. The normalized spacial score (nSPS) is 10.9. The van der Waals surface area contributed by atoms with Gasteiger partial charge in [0.1, 0.15) is 23.8 Å². The third-order valence-corrected chi connectivity index (χ3v) is 4.42. The van der Waals surface area contributed by atoms with Crippen LogP contribution in [0.25, 0.3) is 6.08 Å². The lowest BCUT2D eigenvalue weighted by Gasteiger charge is -2.11. The van der Waals surface area contributed by atoms with Crippen molar-refractivity contribution in [2.75, 3.05) is 7.11 Å². The third-order valence-electron chi connectivity index (χ3n) is 4.42. The van der Waals surface area contributed by atoms with Crippen molar-refractivity contribution in [1.82, 2.24) is 9.78 Å². The first-order chi connectivity index (χ1) is 14.5. The minimum Gasteiger partial charge on any atom is -0.496 e. The number of hydrogen-bond donors (Lipinski definition) is 0. The molecule has 0 aliphatic carbocycles. The van der Waals surface area contributed by atoms with Gasteiger partial charge in [-0.25, -0.2) is 0 Å². The van der Waals surface area contributed by atoms with Crippen LogP contribution in [-0.2, 0) is 13.2 Å². The SMILES string of the molecule is CCn1nccc1C(=O)/C=C/c1ccc(OC)c(COc2cccc([N+](=O)[O-])c2)c1. The lowest BCUT2D eigenvalue weighted by molar-refractivity contribution is -0.384. The molecule has 30 heavy (non-hydrogen) atoms. The largest absolute Gasteiger partial charge is 0.496 e. The number of methoxy groups -OCH3 is 1. The van der Waals surface area contributed by atoms with Crippen molar-refractivity contribution < 1.29 is 19.2 Å². The summed E-state index contributed by atoms with van der Waals surface area (Å²) in [5.41, 5.74) is 2.03. The highest BCUT2D eigenvalue weighted by molar-refractivity contribution is 6.05. The Labute approximate surface area is 173 Å². The van der Waals surface area contributed by atoms with E-state index in [4.69, 9.17) is 9.47 Å². The molecule has 154 valence electrons. The van der Waals surface area contributed by atoms with Gasteiger partial charge in [0, 0.05) is 24.4 Å². The number of carbonyl (C=O) groups is 1. The van der Waals surface area contributed by atoms with Crippen LogP contribution >= 0.6 is 0 Å². The molecule has 0 saturated carbocycles. The van der Waals surface area contributed by atoms with E-state index in [-0.39, 0.29) is 18.1 Å². The van der Waals surface area contributed by atoms with E-state index in [0.717, 1.165) is 11.1 Å². The molecule has 0 radical (unpaired) electrons. The van der Waals surface area contributed by atoms with E-state index in [2.05, 4.69) is 5.10 Å². The van der Waals surface area contributed by atoms with E-state index in [1.54, 1.807) is 48.3 Å². The van der Waals surface area contributed by atoms with Crippen molar-refractivity contribution >= 4 is 17.5 Å². The van der Waals surface area contributed by atoms with Crippen LogP contribution in [0, 0.1) is 10.1 Å². The zero-order valence-corrected chi connectivity index (χ0v) is 16.6. The second-order valence-electron chi connectivity index (χ2n) is 6.34. The smallest absolute Gasteiger partial charge is 0.273 e. The van der Waals surface area contributed by atoms with Crippen LogP contribution in [-0.4, -0.2) is 27.6 Å². The molecule has 8 heteroatoms. The lowest BCUT2D eigenvalue weighted by Crippen LogP contribution is -2.07. The monoisotopic (exact) mass is 407 g/mol. The molecule has 0 amide bonds. The van der Waals surface area contributed by atoms with Crippen molar-refractivity contribution in [2.45, 2.75) is 20.1 Å². The van der Waals surface area contributed by atoms with Crippen LogP contribution in [0.4, 0.5) is 5.69 Å². The number of rotatable bonds is 9. The number of aryl methyl sites for hydroxylation is 1. The van der Waals surface area contributed by atoms with Crippen LogP contribution in [0.3, 0.4) is 0 Å². The van der Waals surface area contributed by atoms with Crippen molar-refractivity contribution in [2.24, 2.45) is 0 Å². The maximum atomic E-state index is 12.4. The van der Waals surface area contributed by atoms with Crippen molar-refractivity contribution in [3.8, 4) is 11.5 Å². The second-order valence-corrected chi connectivity index (χ2v) is 6.34. The highest BCUT2D eigenvalue weighted by atomic mass is 16.6. The number of hydrogen-bond acceptors (Lipinski definition) is 6. The Morgan fingerprint density at radius 1 is 1.23 bits per heavy atom. The van der Waals surface area contributed by atoms with Crippen LogP contribution in [0.15, 0.2) is 60.8 Å². The van der Waals surface area contributed by atoms with Gasteiger partial charge in [0.25, 0.3) is 5.69 Å². The highest BCUT2D eigenvalue weighted by Gasteiger charge is 2.10. The number of benzene rings is 2. The number of carbonyl (C=O) groups excluding carboxylic acids is 1. The summed E-state index contributed by atoms with van der Waals surface area (Å²) < 4.78 is 12.7. The lowest BCUT2D eigenvalue weighted by atomic mass is 10.1. The molecule has 2 aromatic carbocycles. The number of nitro groups is 1. The summed E-state index contributed by atoms with van der Waals surface area (Å²) in [6.45, 7) is 2.69. The number of non-ortho nitro benzene ring substituents is 1. The number of ether oxygens (including phenoxy) is 2. The molecule has 0 unspecified atom stereocenters. The predicted molar refractivity (Wildman–Crippen MR) is 112 cm³/mol. The molecule has 0 aliphatic rings. The zero-order chi connectivity index (χ0) is 21.5. The van der Waals surface area contributed by atoms with Gasteiger partial charge in [-0.05, 0) is 42.8 Å². The van der Waals surface area contributed by atoms with Gasteiger partial charge < -0.3 is 9.47 Å². The Bertz CT molecular complexity index is 1090.